The number of hydrogen-bond donors (Lipinski definition) is 1. The predicted molar refractivity (Wildman–Crippen MR) is 93.2 cm³/mol. The van der Waals surface area contributed by atoms with Gasteiger partial charge in [-0.25, -0.2) is 0 Å². The van der Waals surface area contributed by atoms with Gasteiger partial charge in [-0.05, 0) is 29.7 Å². The van der Waals surface area contributed by atoms with Crippen LogP contribution < -0.4 is 5.32 Å². The minimum absolute atomic E-state index is 0.0824. The van der Waals surface area contributed by atoms with Gasteiger partial charge in [0.25, 0.3) is 0 Å². The highest BCUT2D eigenvalue weighted by Gasteiger charge is 2.24. The predicted octanol–water partition coefficient (Wildman–Crippen LogP) is 3.86. The molecule has 25 heavy (non-hydrogen) atoms. The summed E-state index contributed by atoms with van der Waals surface area (Å²) >= 11 is 0. The molecule has 1 amide bonds. The van der Waals surface area contributed by atoms with Gasteiger partial charge in [0.05, 0.1) is 6.26 Å². The topological polar surface area (TPSA) is 81.2 Å². The zero-order valence-corrected chi connectivity index (χ0v) is 14.0. The summed E-state index contributed by atoms with van der Waals surface area (Å²) in [5, 5.41) is 6.82. The van der Waals surface area contributed by atoms with E-state index in [4.69, 9.17) is 8.94 Å². The summed E-state index contributed by atoms with van der Waals surface area (Å²) < 4.78 is 10.6. The van der Waals surface area contributed by atoms with Crippen LogP contribution in [0.2, 0.25) is 0 Å². The summed E-state index contributed by atoms with van der Waals surface area (Å²) in [6.07, 6.45) is 4.80. The van der Waals surface area contributed by atoms with Gasteiger partial charge >= 0.3 is 0 Å². The standard InChI is InChI=1S/C19H19N3O3/c1-13(2)17(19-21-18(22-25-19)15-9-6-12-24-15)20-16(23)11-10-14-7-4-3-5-8-14/h3-13,17H,1-2H3,(H,20,23)/b11-10+/t17-/m1/s1. The summed E-state index contributed by atoms with van der Waals surface area (Å²) in [6, 6.07) is 12.7. The van der Waals surface area contributed by atoms with Gasteiger partial charge in [0.1, 0.15) is 6.04 Å². The van der Waals surface area contributed by atoms with E-state index in [0.717, 1.165) is 5.56 Å². The number of nitrogens with zero attached hydrogens (tertiary/aromatic N) is 2. The van der Waals surface area contributed by atoms with Gasteiger partial charge in [0.2, 0.25) is 17.6 Å². The monoisotopic (exact) mass is 337 g/mol. The number of benzene rings is 1. The van der Waals surface area contributed by atoms with E-state index < -0.39 is 0 Å². The number of aromatic nitrogens is 2. The largest absolute Gasteiger partial charge is 0.461 e. The average Bonchev–Trinajstić information content (AvgIpc) is 3.29. The molecule has 0 spiro atoms. The number of carbonyl (C=O) groups excluding carboxylic acids is 1. The fourth-order valence-corrected chi connectivity index (χ4v) is 2.32. The first-order valence-corrected chi connectivity index (χ1v) is 8.04. The maximum atomic E-state index is 12.2. The molecule has 0 aliphatic rings. The molecule has 0 unspecified atom stereocenters. The van der Waals surface area contributed by atoms with Gasteiger partial charge in [0, 0.05) is 6.08 Å². The van der Waals surface area contributed by atoms with Crippen molar-refractivity contribution < 1.29 is 13.7 Å². The Morgan fingerprint density at radius 2 is 1.96 bits per heavy atom. The molecule has 1 aromatic carbocycles. The van der Waals surface area contributed by atoms with Gasteiger partial charge in [-0.1, -0.05) is 49.3 Å². The number of furan rings is 1. The quantitative estimate of drug-likeness (QED) is 0.691. The normalized spacial score (nSPS) is 12.6. The van der Waals surface area contributed by atoms with Gasteiger partial charge in [-0.15, -0.1) is 0 Å². The zero-order chi connectivity index (χ0) is 17.6. The second kappa shape index (κ2) is 7.61. The lowest BCUT2D eigenvalue weighted by molar-refractivity contribution is -0.117. The van der Waals surface area contributed by atoms with Gasteiger partial charge in [-0.3, -0.25) is 4.79 Å². The Hall–Kier alpha value is -3.15. The highest BCUT2D eigenvalue weighted by atomic mass is 16.5. The molecule has 3 rings (SSSR count). The Labute approximate surface area is 145 Å². The van der Waals surface area contributed by atoms with E-state index in [-0.39, 0.29) is 17.9 Å². The molecule has 0 saturated heterocycles. The first-order chi connectivity index (χ1) is 12.1. The van der Waals surface area contributed by atoms with E-state index in [0.29, 0.717) is 17.5 Å². The molecule has 0 bridgehead atoms. The number of rotatable bonds is 6. The molecule has 6 nitrogen and oxygen atoms in total. The smallest absolute Gasteiger partial charge is 0.249 e. The number of amides is 1. The van der Waals surface area contributed by atoms with E-state index >= 15 is 0 Å². The Morgan fingerprint density at radius 1 is 1.16 bits per heavy atom. The van der Waals surface area contributed by atoms with E-state index in [1.54, 1.807) is 24.5 Å². The van der Waals surface area contributed by atoms with E-state index in [2.05, 4.69) is 15.5 Å². The third-order valence-corrected chi connectivity index (χ3v) is 3.64. The molecule has 6 heteroatoms. The summed E-state index contributed by atoms with van der Waals surface area (Å²) in [5.41, 5.74) is 0.955. The summed E-state index contributed by atoms with van der Waals surface area (Å²) in [5.74, 6) is 1.09. The first kappa shape index (κ1) is 16.7. The van der Waals surface area contributed by atoms with Gasteiger partial charge in [0.15, 0.2) is 5.76 Å². The van der Waals surface area contributed by atoms with E-state index in [1.807, 2.05) is 44.2 Å². The second-order valence-corrected chi connectivity index (χ2v) is 5.91. The van der Waals surface area contributed by atoms with Crippen molar-refractivity contribution in [2.24, 2.45) is 5.92 Å². The minimum Gasteiger partial charge on any atom is -0.461 e. The minimum atomic E-state index is -0.385. The fraction of sp³-hybridized carbons (Fsp3) is 0.211. The van der Waals surface area contributed by atoms with E-state index in [1.165, 1.54) is 6.08 Å². The maximum absolute atomic E-state index is 12.2. The molecule has 0 aliphatic heterocycles. The summed E-state index contributed by atoms with van der Waals surface area (Å²) in [6.45, 7) is 3.95. The molecule has 0 radical (unpaired) electrons. The van der Waals surface area contributed by atoms with Crippen LogP contribution in [-0.2, 0) is 4.79 Å². The summed E-state index contributed by atoms with van der Waals surface area (Å²) in [7, 11) is 0. The average molecular weight is 337 g/mol. The second-order valence-electron chi connectivity index (χ2n) is 5.91. The van der Waals surface area contributed by atoms with Crippen molar-refractivity contribution >= 4 is 12.0 Å². The zero-order valence-electron chi connectivity index (χ0n) is 14.0. The molecular formula is C19H19N3O3. The fourth-order valence-electron chi connectivity index (χ4n) is 2.32. The Morgan fingerprint density at radius 3 is 2.64 bits per heavy atom. The van der Waals surface area contributed by atoms with Crippen LogP contribution in [0.1, 0.15) is 31.3 Å². The van der Waals surface area contributed by atoms with Crippen molar-refractivity contribution in [2.75, 3.05) is 0 Å². The Kier molecular flexibility index (Phi) is 5.09. The van der Waals surface area contributed by atoms with Crippen molar-refractivity contribution in [3.8, 4) is 11.6 Å². The van der Waals surface area contributed by atoms with Crippen molar-refractivity contribution in [3.63, 3.8) is 0 Å². The number of hydrogen-bond acceptors (Lipinski definition) is 5. The SMILES string of the molecule is CC(C)[C@@H](NC(=O)/C=C/c1ccccc1)c1nc(-c2ccco2)no1. The van der Waals surface area contributed by atoms with Crippen molar-refractivity contribution in [1.82, 2.24) is 15.5 Å². The first-order valence-electron chi connectivity index (χ1n) is 8.04. The summed E-state index contributed by atoms with van der Waals surface area (Å²) in [4.78, 5) is 16.6. The van der Waals surface area contributed by atoms with E-state index in [9.17, 15) is 4.79 Å². The molecule has 0 saturated carbocycles. The van der Waals surface area contributed by atoms with Gasteiger partial charge in [-0.2, -0.15) is 4.98 Å². The number of carbonyl (C=O) groups is 1. The molecule has 0 aliphatic carbocycles. The van der Waals surface area contributed by atoms with Crippen LogP contribution in [0.5, 0.6) is 0 Å². The lowest BCUT2D eigenvalue weighted by atomic mass is 10.0. The van der Waals surface area contributed by atoms with Gasteiger partial charge < -0.3 is 14.3 Å². The van der Waals surface area contributed by atoms with Crippen LogP contribution in [0.3, 0.4) is 0 Å². The molecule has 1 atom stereocenters. The van der Waals surface area contributed by atoms with Crippen molar-refractivity contribution in [1.29, 1.82) is 0 Å². The Balaban J connectivity index is 1.71. The molecule has 2 aromatic heterocycles. The Bertz CT molecular complexity index is 836. The maximum Gasteiger partial charge on any atom is 0.249 e. The van der Waals surface area contributed by atoms with Crippen LogP contribution in [0.4, 0.5) is 0 Å². The molecule has 2 heterocycles. The van der Waals surface area contributed by atoms with Crippen LogP contribution in [0.25, 0.3) is 17.7 Å². The lowest BCUT2D eigenvalue weighted by Gasteiger charge is -2.17. The van der Waals surface area contributed by atoms with Crippen LogP contribution >= 0.6 is 0 Å². The molecule has 128 valence electrons. The molecule has 3 aromatic rings. The molecule has 1 N–H and O–H groups in total. The van der Waals surface area contributed by atoms with Crippen LogP contribution in [-0.4, -0.2) is 16.0 Å². The highest BCUT2D eigenvalue weighted by Crippen LogP contribution is 2.23. The third kappa shape index (κ3) is 4.23. The number of nitrogens with one attached hydrogen (secondary N) is 1. The molecular weight excluding hydrogens is 318 g/mol. The highest BCUT2D eigenvalue weighted by molar-refractivity contribution is 5.91. The molecule has 0 fully saturated rings. The third-order valence-electron chi connectivity index (χ3n) is 3.64. The van der Waals surface area contributed by atoms with Crippen molar-refractivity contribution in [3.05, 3.63) is 66.3 Å². The van der Waals surface area contributed by atoms with Crippen molar-refractivity contribution in [2.45, 2.75) is 19.9 Å². The van der Waals surface area contributed by atoms with Crippen LogP contribution in [0.15, 0.2) is 63.7 Å². The lowest BCUT2D eigenvalue weighted by Crippen LogP contribution is -2.30. The van der Waals surface area contributed by atoms with Crippen LogP contribution in [0, 0.1) is 5.92 Å².